The van der Waals surface area contributed by atoms with Crippen LogP contribution in [0.4, 0.5) is 0 Å². The fraction of sp³-hybridized carbons (Fsp3) is 0.889. The molecule has 1 nitrogen and oxygen atoms in total. The minimum atomic E-state index is -0.00583. The highest BCUT2D eigenvalue weighted by Crippen LogP contribution is 2.49. The molecule has 0 aromatic heterocycles. The van der Waals surface area contributed by atoms with Crippen molar-refractivity contribution in [2.75, 3.05) is 0 Å². The standard InChI is InChI=1S/C9H14OS/c10-9-5-6-3-7(1-2-11)8(9)4-6/h2,6-10H,1,3-5H2. The van der Waals surface area contributed by atoms with Crippen molar-refractivity contribution in [3.8, 4) is 0 Å². The molecule has 0 saturated heterocycles. The number of rotatable bonds is 2. The van der Waals surface area contributed by atoms with Crippen LogP contribution in [-0.4, -0.2) is 16.6 Å². The van der Waals surface area contributed by atoms with Gasteiger partial charge in [-0.05, 0) is 48.8 Å². The maximum absolute atomic E-state index is 9.57. The predicted molar refractivity (Wildman–Crippen MR) is 48.6 cm³/mol. The third kappa shape index (κ3) is 1.23. The lowest BCUT2D eigenvalue weighted by molar-refractivity contribution is 0.0835. The molecule has 0 spiro atoms. The summed E-state index contributed by atoms with van der Waals surface area (Å²) in [6, 6.07) is 0. The number of thiocarbonyl (C=S) groups is 1. The van der Waals surface area contributed by atoms with Crippen LogP contribution in [0.2, 0.25) is 0 Å². The van der Waals surface area contributed by atoms with E-state index in [0.29, 0.717) is 11.8 Å². The van der Waals surface area contributed by atoms with E-state index in [9.17, 15) is 5.11 Å². The lowest BCUT2D eigenvalue weighted by atomic mass is 9.85. The van der Waals surface area contributed by atoms with E-state index < -0.39 is 0 Å². The normalized spacial score (nSPS) is 48.1. The zero-order valence-electron chi connectivity index (χ0n) is 6.57. The second-order valence-corrected chi connectivity index (χ2v) is 4.30. The van der Waals surface area contributed by atoms with E-state index in [2.05, 4.69) is 0 Å². The molecule has 11 heavy (non-hydrogen) atoms. The number of hydrogen-bond donors (Lipinski definition) is 1. The molecule has 0 radical (unpaired) electrons. The Kier molecular flexibility index (Phi) is 1.98. The van der Waals surface area contributed by atoms with Crippen molar-refractivity contribution in [3.05, 3.63) is 0 Å². The van der Waals surface area contributed by atoms with Crippen molar-refractivity contribution in [2.24, 2.45) is 17.8 Å². The Morgan fingerprint density at radius 1 is 1.36 bits per heavy atom. The molecule has 2 bridgehead atoms. The van der Waals surface area contributed by atoms with E-state index in [0.717, 1.165) is 18.8 Å². The van der Waals surface area contributed by atoms with Crippen molar-refractivity contribution in [1.82, 2.24) is 0 Å². The molecule has 2 saturated carbocycles. The molecule has 2 fully saturated rings. The fourth-order valence-electron chi connectivity index (χ4n) is 2.85. The molecule has 4 atom stereocenters. The summed E-state index contributed by atoms with van der Waals surface area (Å²) < 4.78 is 0. The van der Waals surface area contributed by atoms with E-state index in [1.165, 1.54) is 12.8 Å². The molecule has 2 heteroatoms. The van der Waals surface area contributed by atoms with E-state index >= 15 is 0 Å². The average Bonchev–Trinajstić information content (AvgIpc) is 2.46. The van der Waals surface area contributed by atoms with Gasteiger partial charge in [0.05, 0.1) is 6.10 Å². The van der Waals surface area contributed by atoms with Crippen LogP contribution in [0.15, 0.2) is 0 Å². The quantitative estimate of drug-likeness (QED) is 0.637. The first-order chi connectivity index (χ1) is 5.31. The van der Waals surface area contributed by atoms with Crippen LogP contribution in [-0.2, 0) is 0 Å². The molecule has 0 aliphatic heterocycles. The molecule has 62 valence electrons. The van der Waals surface area contributed by atoms with E-state index in [-0.39, 0.29) is 6.10 Å². The molecule has 0 aromatic carbocycles. The second-order valence-electron chi connectivity index (χ2n) is 3.97. The van der Waals surface area contributed by atoms with Crippen LogP contribution >= 0.6 is 12.2 Å². The monoisotopic (exact) mass is 170 g/mol. The Balaban J connectivity index is 2.00. The van der Waals surface area contributed by atoms with Crippen LogP contribution in [0.5, 0.6) is 0 Å². The molecular weight excluding hydrogens is 156 g/mol. The molecule has 1 N–H and O–H groups in total. The molecule has 2 aliphatic rings. The van der Waals surface area contributed by atoms with E-state index in [4.69, 9.17) is 12.2 Å². The maximum atomic E-state index is 9.57. The Labute approximate surface area is 72.8 Å². The van der Waals surface area contributed by atoms with Gasteiger partial charge in [0.1, 0.15) is 0 Å². The van der Waals surface area contributed by atoms with Crippen LogP contribution in [0.3, 0.4) is 0 Å². The van der Waals surface area contributed by atoms with Gasteiger partial charge in [-0.2, -0.15) is 0 Å². The molecule has 4 unspecified atom stereocenters. The topological polar surface area (TPSA) is 20.2 Å². The summed E-state index contributed by atoms with van der Waals surface area (Å²) >= 11 is 4.84. The molecular formula is C9H14OS. The Hall–Kier alpha value is 0.0500. The van der Waals surface area contributed by atoms with Crippen molar-refractivity contribution in [1.29, 1.82) is 0 Å². The van der Waals surface area contributed by atoms with E-state index in [1.54, 1.807) is 0 Å². The lowest BCUT2D eigenvalue weighted by Gasteiger charge is -2.24. The highest BCUT2D eigenvalue weighted by molar-refractivity contribution is 7.78. The van der Waals surface area contributed by atoms with Gasteiger partial charge in [-0.15, -0.1) is 0 Å². The number of fused-ring (bicyclic) bond motifs is 2. The third-order valence-electron chi connectivity index (χ3n) is 3.32. The zero-order valence-corrected chi connectivity index (χ0v) is 7.39. The zero-order chi connectivity index (χ0) is 7.84. The van der Waals surface area contributed by atoms with Crippen LogP contribution in [0.25, 0.3) is 0 Å². The van der Waals surface area contributed by atoms with Crippen molar-refractivity contribution in [2.45, 2.75) is 31.8 Å². The summed E-state index contributed by atoms with van der Waals surface area (Å²) in [6.45, 7) is 0. The van der Waals surface area contributed by atoms with Gasteiger partial charge in [0.2, 0.25) is 0 Å². The highest BCUT2D eigenvalue weighted by atomic mass is 32.1. The average molecular weight is 170 g/mol. The molecule has 2 aliphatic carbocycles. The first-order valence-electron chi connectivity index (χ1n) is 4.43. The molecule has 2 rings (SSSR count). The lowest BCUT2D eigenvalue weighted by Crippen LogP contribution is -2.24. The van der Waals surface area contributed by atoms with Gasteiger partial charge >= 0.3 is 0 Å². The van der Waals surface area contributed by atoms with Gasteiger partial charge in [-0.25, -0.2) is 0 Å². The third-order valence-corrected chi connectivity index (χ3v) is 3.51. The van der Waals surface area contributed by atoms with Crippen LogP contribution < -0.4 is 0 Å². The van der Waals surface area contributed by atoms with E-state index in [1.807, 2.05) is 5.37 Å². The molecule has 0 aromatic rings. The summed E-state index contributed by atoms with van der Waals surface area (Å²) in [7, 11) is 0. The summed E-state index contributed by atoms with van der Waals surface area (Å²) in [5.41, 5.74) is 0. The van der Waals surface area contributed by atoms with Crippen LogP contribution in [0.1, 0.15) is 25.7 Å². The van der Waals surface area contributed by atoms with Gasteiger partial charge in [0.25, 0.3) is 0 Å². The summed E-state index contributed by atoms with van der Waals surface area (Å²) in [6.07, 6.45) is 4.66. The SMILES string of the molecule is OC1CC2CC(CC=S)C1C2. The smallest absolute Gasteiger partial charge is 0.0573 e. The molecule has 0 amide bonds. The largest absolute Gasteiger partial charge is 0.393 e. The minimum absolute atomic E-state index is 0.00583. The van der Waals surface area contributed by atoms with Gasteiger partial charge in [-0.1, -0.05) is 12.2 Å². The molecule has 0 heterocycles. The number of hydrogen-bond acceptors (Lipinski definition) is 2. The summed E-state index contributed by atoms with van der Waals surface area (Å²) in [5.74, 6) is 2.11. The maximum Gasteiger partial charge on any atom is 0.0573 e. The number of aliphatic hydroxyl groups excluding tert-OH is 1. The van der Waals surface area contributed by atoms with Crippen molar-refractivity contribution < 1.29 is 5.11 Å². The van der Waals surface area contributed by atoms with Gasteiger partial charge in [0.15, 0.2) is 0 Å². The van der Waals surface area contributed by atoms with Crippen molar-refractivity contribution in [3.63, 3.8) is 0 Å². The van der Waals surface area contributed by atoms with Gasteiger partial charge < -0.3 is 5.11 Å². The second kappa shape index (κ2) is 2.83. The Bertz CT molecular complexity index is 169. The Morgan fingerprint density at radius 2 is 2.18 bits per heavy atom. The number of aliphatic hydroxyl groups is 1. The first-order valence-corrected chi connectivity index (χ1v) is 4.90. The Morgan fingerprint density at radius 3 is 2.73 bits per heavy atom. The van der Waals surface area contributed by atoms with Crippen LogP contribution in [0, 0.1) is 17.8 Å². The minimum Gasteiger partial charge on any atom is -0.393 e. The predicted octanol–water partition coefficient (Wildman–Crippen LogP) is 1.78. The summed E-state index contributed by atoms with van der Waals surface area (Å²) in [4.78, 5) is 0. The fourth-order valence-corrected chi connectivity index (χ4v) is 3.10. The first kappa shape index (κ1) is 7.69. The van der Waals surface area contributed by atoms with Gasteiger partial charge in [0, 0.05) is 0 Å². The highest BCUT2D eigenvalue weighted by Gasteiger charge is 2.44. The summed E-state index contributed by atoms with van der Waals surface area (Å²) in [5, 5.41) is 11.4. The van der Waals surface area contributed by atoms with Gasteiger partial charge in [-0.3, -0.25) is 0 Å². The van der Waals surface area contributed by atoms with Crippen molar-refractivity contribution >= 4 is 17.6 Å².